The molecular formula is C37H31NO6. The van der Waals surface area contributed by atoms with Gasteiger partial charge in [-0.05, 0) is 55.0 Å². The molecule has 1 saturated heterocycles. The second-order valence-electron chi connectivity index (χ2n) is 11.5. The zero-order chi connectivity index (χ0) is 30.7. The van der Waals surface area contributed by atoms with Crippen LogP contribution in [-0.4, -0.2) is 50.8 Å². The summed E-state index contributed by atoms with van der Waals surface area (Å²) in [7, 11) is 4.65. The number of nitrogens with zero attached hydrogens (tertiary/aromatic N) is 1. The average Bonchev–Trinajstić information content (AvgIpc) is 3.49. The highest BCUT2D eigenvalue weighted by Crippen LogP contribution is 2.62. The minimum atomic E-state index is -1.65. The molecule has 0 amide bonds. The average molecular weight is 586 g/mol. The molecule has 0 bridgehead atoms. The summed E-state index contributed by atoms with van der Waals surface area (Å²) in [6.45, 7) is 2.01. The number of aryl methyl sites for hydroxylation is 1. The number of carbonyl (C=O) groups excluding carboxylic acids is 3. The third-order valence-electron chi connectivity index (χ3n) is 9.35. The Balaban J connectivity index is 1.58. The molecular weight excluding hydrogens is 554 g/mol. The first-order chi connectivity index (χ1) is 21.3. The first kappa shape index (κ1) is 27.7. The number of fused-ring (bicyclic) bond motifs is 5. The van der Waals surface area contributed by atoms with Gasteiger partial charge in [0.1, 0.15) is 28.7 Å². The van der Waals surface area contributed by atoms with E-state index in [0.29, 0.717) is 39.5 Å². The van der Waals surface area contributed by atoms with E-state index in [2.05, 4.69) is 0 Å². The molecule has 44 heavy (non-hydrogen) atoms. The second kappa shape index (κ2) is 10.2. The van der Waals surface area contributed by atoms with Gasteiger partial charge in [0.15, 0.2) is 17.3 Å². The van der Waals surface area contributed by atoms with Crippen molar-refractivity contribution in [2.45, 2.75) is 24.9 Å². The smallest absolute Gasteiger partial charge is 0.186 e. The number of benzene rings is 4. The largest absolute Gasteiger partial charge is 0.497 e. The van der Waals surface area contributed by atoms with Crippen LogP contribution in [0, 0.1) is 12.3 Å². The number of carbonyl (C=O) groups is 3. The highest BCUT2D eigenvalue weighted by molar-refractivity contribution is 6.32. The van der Waals surface area contributed by atoms with Gasteiger partial charge < -0.3 is 19.1 Å². The lowest BCUT2D eigenvalue weighted by Crippen LogP contribution is -2.48. The van der Waals surface area contributed by atoms with Gasteiger partial charge in [-0.15, -0.1) is 0 Å². The zero-order valence-corrected chi connectivity index (χ0v) is 24.9. The fraction of sp³-hybridized carbons (Fsp3) is 0.216. The van der Waals surface area contributed by atoms with Crippen LogP contribution in [-0.2, 0) is 0 Å². The first-order valence-corrected chi connectivity index (χ1v) is 14.5. The number of rotatable bonds is 6. The van der Waals surface area contributed by atoms with Crippen molar-refractivity contribution in [3.63, 3.8) is 0 Å². The predicted molar refractivity (Wildman–Crippen MR) is 167 cm³/mol. The van der Waals surface area contributed by atoms with Crippen LogP contribution in [0.1, 0.15) is 53.7 Å². The second-order valence-corrected chi connectivity index (χ2v) is 11.5. The molecule has 0 N–H and O–H groups in total. The molecule has 7 heteroatoms. The molecule has 7 nitrogen and oxygen atoms in total. The van der Waals surface area contributed by atoms with E-state index < -0.39 is 23.4 Å². The monoisotopic (exact) mass is 585 g/mol. The number of Topliss-reactive ketones (excluding diaryl/α,β-unsaturated/α-hetero) is 3. The molecule has 4 aromatic rings. The number of hydrogen-bond donors (Lipinski definition) is 0. The maximum Gasteiger partial charge on any atom is 0.186 e. The van der Waals surface area contributed by atoms with Crippen molar-refractivity contribution in [3.05, 3.63) is 124 Å². The summed E-state index contributed by atoms with van der Waals surface area (Å²) in [6.07, 6.45) is 3.88. The van der Waals surface area contributed by atoms with Crippen LogP contribution in [0.25, 0.3) is 6.08 Å². The Labute approximate surface area is 255 Å². The molecule has 220 valence electrons. The molecule has 3 aliphatic rings. The van der Waals surface area contributed by atoms with Gasteiger partial charge in [0.05, 0.1) is 27.4 Å². The van der Waals surface area contributed by atoms with E-state index in [1.54, 1.807) is 88.1 Å². The van der Waals surface area contributed by atoms with Crippen molar-refractivity contribution < 1.29 is 28.6 Å². The molecule has 2 aliphatic heterocycles. The van der Waals surface area contributed by atoms with Gasteiger partial charge in [-0.2, -0.15) is 0 Å². The molecule has 1 aliphatic carbocycles. The van der Waals surface area contributed by atoms with Crippen LogP contribution in [0.5, 0.6) is 17.2 Å². The van der Waals surface area contributed by atoms with Gasteiger partial charge in [-0.3, -0.25) is 14.4 Å². The Hall–Kier alpha value is -5.17. The third-order valence-corrected chi connectivity index (χ3v) is 9.35. The highest BCUT2D eigenvalue weighted by atomic mass is 16.5. The van der Waals surface area contributed by atoms with Crippen LogP contribution in [0.3, 0.4) is 0 Å². The van der Waals surface area contributed by atoms with Crippen LogP contribution >= 0.6 is 0 Å². The SMILES string of the molecule is COc1cccc(C(=O)[C@@H]2[C@H](c3cc(OC)ccc3OC)C3(C(=O)c4ccccc4C3=O)[C@H]3C=Cc4cc(C)ccc4N23)c1. The van der Waals surface area contributed by atoms with Gasteiger partial charge >= 0.3 is 0 Å². The maximum absolute atomic E-state index is 15.0. The molecule has 1 fully saturated rings. The summed E-state index contributed by atoms with van der Waals surface area (Å²) < 4.78 is 17.0. The molecule has 0 aromatic heterocycles. The normalized spacial score (nSPS) is 20.7. The molecule has 3 atom stereocenters. The van der Waals surface area contributed by atoms with E-state index in [1.165, 1.54) is 0 Å². The molecule has 0 radical (unpaired) electrons. The Kier molecular flexibility index (Phi) is 6.43. The van der Waals surface area contributed by atoms with Crippen LogP contribution < -0.4 is 19.1 Å². The fourth-order valence-corrected chi connectivity index (χ4v) is 7.47. The van der Waals surface area contributed by atoms with Crippen LogP contribution in [0.15, 0.2) is 91.0 Å². The summed E-state index contributed by atoms with van der Waals surface area (Å²) >= 11 is 0. The van der Waals surface area contributed by atoms with E-state index in [4.69, 9.17) is 14.2 Å². The van der Waals surface area contributed by atoms with Gasteiger partial charge in [0.25, 0.3) is 0 Å². The Morgan fingerprint density at radius 3 is 2.16 bits per heavy atom. The summed E-state index contributed by atoms with van der Waals surface area (Å²) in [6, 6.07) is 23.6. The van der Waals surface area contributed by atoms with Gasteiger partial charge in [-0.25, -0.2) is 0 Å². The van der Waals surface area contributed by atoms with Crippen molar-refractivity contribution in [1.29, 1.82) is 0 Å². The van der Waals surface area contributed by atoms with E-state index >= 15 is 0 Å². The van der Waals surface area contributed by atoms with Crippen molar-refractivity contribution in [1.82, 2.24) is 0 Å². The third kappa shape index (κ3) is 3.71. The number of ether oxygens (including phenoxy) is 3. The summed E-state index contributed by atoms with van der Waals surface area (Å²) in [5, 5.41) is 0. The quantitative estimate of drug-likeness (QED) is 0.193. The van der Waals surface area contributed by atoms with Crippen molar-refractivity contribution >= 4 is 29.1 Å². The lowest BCUT2D eigenvalue weighted by molar-refractivity contribution is 0.0664. The standard InChI is InChI=1S/C37H31NO6/c1-21-12-15-29-22(18-21)13-17-31-37(35(40)26-10-5-6-11-27(26)36(37)41)32(28-20-25(43-3)14-16-30(28)44-4)33(38(29)31)34(39)23-8-7-9-24(19-23)42-2/h5-20,31-33H,1-4H3/t31-,32+,33+/m1/s1. The molecule has 2 heterocycles. The van der Waals surface area contributed by atoms with Crippen LogP contribution in [0.2, 0.25) is 0 Å². The predicted octanol–water partition coefficient (Wildman–Crippen LogP) is 6.34. The molecule has 0 unspecified atom stereocenters. The van der Waals surface area contributed by atoms with Gasteiger partial charge in [-0.1, -0.05) is 60.2 Å². The molecule has 1 spiro atoms. The van der Waals surface area contributed by atoms with Gasteiger partial charge in [0, 0.05) is 33.9 Å². The molecule has 7 rings (SSSR count). The van der Waals surface area contributed by atoms with E-state index in [9.17, 15) is 14.4 Å². The Bertz CT molecular complexity index is 1860. The summed E-state index contributed by atoms with van der Waals surface area (Å²) in [4.78, 5) is 46.8. The van der Waals surface area contributed by atoms with Crippen molar-refractivity contribution in [2.24, 2.45) is 5.41 Å². The Morgan fingerprint density at radius 1 is 0.773 bits per heavy atom. The summed E-state index contributed by atoms with van der Waals surface area (Å²) in [5.74, 6) is -0.253. The summed E-state index contributed by atoms with van der Waals surface area (Å²) in [5.41, 5.74) is 2.79. The first-order valence-electron chi connectivity index (χ1n) is 14.5. The zero-order valence-electron chi connectivity index (χ0n) is 24.9. The van der Waals surface area contributed by atoms with Crippen molar-refractivity contribution in [2.75, 3.05) is 26.2 Å². The number of hydrogen-bond acceptors (Lipinski definition) is 7. The van der Waals surface area contributed by atoms with Crippen molar-refractivity contribution in [3.8, 4) is 17.2 Å². The van der Waals surface area contributed by atoms with Gasteiger partial charge in [0.2, 0.25) is 0 Å². The number of ketones is 3. The number of anilines is 1. The molecule has 0 saturated carbocycles. The lowest BCUT2D eigenvalue weighted by Gasteiger charge is -2.37. The number of methoxy groups -OCH3 is 3. The Morgan fingerprint density at radius 2 is 1.48 bits per heavy atom. The van der Waals surface area contributed by atoms with E-state index in [0.717, 1.165) is 16.8 Å². The molecule has 4 aromatic carbocycles. The minimum absolute atomic E-state index is 0.237. The van der Waals surface area contributed by atoms with Crippen LogP contribution in [0.4, 0.5) is 5.69 Å². The van der Waals surface area contributed by atoms with E-state index in [-0.39, 0.29) is 17.3 Å². The highest BCUT2D eigenvalue weighted by Gasteiger charge is 2.72. The fourth-order valence-electron chi connectivity index (χ4n) is 7.47. The topological polar surface area (TPSA) is 82.1 Å². The lowest BCUT2D eigenvalue weighted by atomic mass is 9.64. The minimum Gasteiger partial charge on any atom is -0.497 e. The van der Waals surface area contributed by atoms with E-state index in [1.807, 2.05) is 42.2 Å². The maximum atomic E-state index is 15.0.